The van der Waals surface area contributed by atoms with Gasteiger partial charge in [0.15, 0.2) is 0 Å². The number of hydrogen-bond acceptors (Lipinski definition) is 7. The average molecular weight is 571 g/mol. The molecule has 3 aliphatic rings. The molecule has 42 heavy (non-hydrogen) atoms. The van der Waals surface area contributed by atoms with Gasteiger partial charge in [-0.3, -0.25) is 14.1 Å². The molecule has 0 spiro atoms. The number of anilines is 2. The highest BCUT2D eigenvalue weighted by molar-refractivity contribution is 6.06. The third-order valence-corrected chi connectivity index (χ3v) is 8.91. The van der Waals surface area contributed by atoms with Crippen molar-refractivity contribution in [3.05, 3.63) is 77.0 Å². The van der Waals surface area contributed by atoms with E-state index in [9.17, 15) is 14.3 Å². The number of pyridine rings is 2. The number of halogens is 1. The lowest BCUT2D eigenvalue weighted by Crippen LogP contribution is -2.47. The minimum Gasteiger partial charge on any atom is -0.392 e. The van der Waals surface area contributed by atoms with Crippen LogP contribution in [-0.2, 0) is 23.2 Å². The Morgan fingerprint density at radius 1 is 1.24 bits per heavy atom. The molecule has 10 heteroatoms. The van der Waals surface area contributed by atoms with Gasteiger partial charge >= 0.3 is 0 Å². The molecule has 9 nitrogen and oxygen atoms in total. The lowest BCUT2D eigenvalue weighted by atomic mass is 9.74. The van der Waals surface area contributed by atoms with Crippen LogP contribution < -0.4 is 10.6 Å². The number of imidazole rings is 1. The van der Waals surface area contributed by atoms with Crippen LogP contribution in [0, 0.1) is 5.82 Å². The lowest BCUT2D eigenvalue weighted by molar-refractivity contribution is -0.0660. The minimum absolute atomic E-state index is 0.0328. The molecule has 2 saturated heterocycles. The molecule has 7 rings (SSSR count). The van der Waals surface area contributed by atoms with Crippen LogP contribution in [0.5, 0.6) is 0 Å². The number of nitrogens with zero attached hydrogens (tertiary/aromatic N) is 4. The normalized spacial score (nSPS) is 19.6. The standard InChI is InChI=1S/C32H35FN6O3/c1-2-3-10-32(18-42-19-32)24-5-7-28(37-26(24)17-38-11-9-21(40)16-38)36-25-6-4-22(23-14-35-31(41)30(23)25)27-15-34-29-13-20(33)8-12-39(27)29/h4-8,12-13,15,21,40H,2-3,9-11,14,16-19H2,1H3,(H,35,41)(H,36,37)/t21-/m0/s1. The Bertz CT molecular complexity index is 1670. The molecule has 1 aromatic carbocycles. The molecule has 1 atom stereocenters. The van der Waals surface area contributed by atoms with E-state index in [1.807, 2.05) is 22.6 Å². The van der Waals surface area contributed by atoms with Crippen molar-refractivity contribution < 1.29 is 19.0 Å². The van der Waals surface area contributed by atoms with Gasteiger partial charge in [0.25, 0.3) is 5.91 Å². The fraction of sp³-hybridized carbons (Fsp3) is 0.406. The first-order valence-corrected chi connectivity index (χ1v) is 14.8. The lowest BCUT2D eigenvalue weighted by Gasteiger charge is -2.43. The second-order valence-electron chi connectivity index (χ2n) is 11.8. The van der Waals surface area contributed by atoms with Crippen molar-refractivity contribution in [2.24, 2.45) is 0 Å². The zero-order valence-corrected chi connectivity index (χ0v) is 23.7. The maximum atomic E-state index is 13.8. The molecule has 3 aliphatic heterocycles. The number of aromatic nitrogens is 3. The van der Waals surface area contributed by atoms with Gasteiger partial charge in [0.1, 0.15) is 17.3 Å². The van der Waals surface area contributed by atoms with Gasteiger partial charge in [-0.25, -0.2) is 14.4 Å². The van der Waals surface area contributed by atoms with Gasteiger partial charge in [0.2, 0.25) is 0 Å². The van der Waals surface area contributed by atoms with Gasteiger partial charge in [-0.05, 0) is 42.2 Å². The summed E-state index contributed by atoms with van der Waals surface area (Å²) < 4.78 is 21.3. The van der Waals surface area contributed by atoms with Crippen molar-refractivity contribution >= 4 is 23.1 Å². The van der Waals surface area contributed by atoms with E-state index >= 15 is 0 Å². The number of unbranched alkanes of at least 4 members (excludes halogenated alkanes) is 1. The molecule has 1 amide bonds. The molecule has 0 unspecified atom stereocenters. The summed E-state index contributed by atoms with van der Waals surface area (Å²) >= 11 is 0. The Morgan fingerprint density at radius 3 is 2.88 bits per heavy atom. The Morgan fingerprint density at radius 2 is 2.12 bits per heavy atom. The summed E-state index contributed by atoms with van der Waals surface area (Å²) in [5, 5.41) is 16.6. The number of carbonyl (C=O) groups is 1. The van der Waals surface area contributed by atoms with Crippen molar-refractivity contribution in [2.45, 2.75) is 57.2 Å². The Kier molecular flexibility index (Phi) is 6.92. The molecule has 6 heterocycles. The van der Waals surface area contributed by atoms with Crippen molar-refractivity contribution in [3.8, 4) is 11.3 Å². The number of benzene rings is 1. The quantitative estimate of drug-likeness (QED) is 0.271. The first-order chi connectivity index (χ1) is 20.4. The summed E-state index contributed by atoms with van der Waals surface area (Å²) in [6.45, 7) is 6.13. The summed E-state index contributed by atoms with van der Waals surface area (Å²) in [4.78, 5) is 24.8. The van der Waals surface area contributed by atoms with Crippen molar-refractivity contribution in [3.63, 3.8) is 0 Å². The molecule has 0 saturated carbocycles. The van der Waals surface area contributed by atoms with E-state index in [0.29, 0.717) is 55.6 Å². The summed E-state index contributed by atoms with van der Waals surface area (Å²) in [5.74, 6) is 0.169. The third-order valence-electron chi connectivity index (χ3n) is 8.91. The fourth-order valence-electron chi connectivity index (χ4n) is 6.63. The first kappa shape index (κ1) is 27.0. The highest BCUT2D eigenvalue weighted by atomic mass is 19.1. The second-order valence-corrected chi connectivity index (χ2v) is 11.8. The highest BCUT2D eigenvalue weighted by Crippen LogP contribution is 2.40. The zero-order chi connectivity index (χ0) is 28.8. The third kappa shape index (κ3) is 4.73. The van der Waals surface area contributed by atoms with Gasteiger partial charge < -0.3 is 20.5 Å². The number of nitrogens with one attached hydrogen (secondary N) is 2. The second kappa shape index (κ2) is 10.8. The number of ether oxygens (including phenoxy) is 1. The molecule has 0 aliphatic carbocycles. The average Bonchev–Trinajstić information content (AvgIpc) is 3.68. The van der Waals surface area contributed by atoms with E-state index in [0.717, 1.165) is 54.7 Å². The number of hydrogen-bond donors (Lipinski definition) is 3. The molecular weight excluding hydrogens is 535 g/mol. The van der Waals surface area contributed by atoms with Gasteiger partial charge in [-0.15, -0.1) is 0 Å². The van der Waals surface area contributed by atoms with Crippen LogP contribution in [0.25, 0.3) is 16.9 Å². The number of amides is 1. The molecule has 3 aromatic heterocycles. The summed E-state index contributed by atoms with van der Waals surface area (Å²) in [5.41, 5.74) is 6.47. The van der Waals surface area contributed by atoms with E-state index in [1.54, 1.807) is 12.4 Å². The van der Waals surface area contributed by atoms with Gasteiger partial charge in [-0.2, -0.15) is 0 Å². The molecule has 0 bridgehead atoms. The number of fused-ring (bicyclic) bond motifs is 2. The predicted molar refractivity (Wildman–Crippen MR) is 157 cm³/mol. The van der Waals surface area contributed by atoms with Crippen molar-refractivity contribution in [1.29, 1.82) is 0 Å². The van der Waals surface area contributed by atoms with Crippen LogP contribution in [-0.4, -0.2) is 62.7 Å². The molecule has 4 aromatic rings. The topological polar surface area (TPSA) is 104 Å². The fourth-order valence-corrected chi connectivity index (χ4v) is 6.63. The SMILES string of the molecule is CCCCC1(c2ccc(Nc3ccc(-c4cnc5cc(F)ccn45)c4c3C(=O)NC4)nc2CN2CC[C@H](O)C2)COC1. The van der Waals surface area contributed by atoms with Crippen molar-refractivity contribution in [2.75, 3.05) is 31.6 Å². The largest absolute Gasteiger partial charge is 0.392 e. The molecule has 218 valence electrons. The minimum atomic E-state index is -0.346. The van der Waals surface area contributed by atoms with E-state index in [4.69, 9.17) is 9.72 Å². The Balaban J connectivity index is 1.24. The number of aliphatic hydroxyl groups is 1. The maximum absolute atomic E-state index is 13.8. The van der Waals surface area contributed by atoms with E-state index in [1.165, 1.54) is 17.7 Å². The smallest absolute Gasteiger partial charge is 0.254 e. The van der Waals surface area contributed by atoms with Gasteiger partial charge in [0.05, 0.1) is 48.2 Å². The Hall–Kier alpha value is -3.86. The van der Waals surface area contributed by atoms with Gasteiger partial charge in [0, 0.05) is 49.4 Å². The number of rotatable bonds is 9. The zero-order valence-electron chi connectivity index (χ0n) is 23.7. The summed E-state index contributed by atoms with van der Waals surface area (Å²) in [7, 11) is 0. The van der Waals surface area contributed by atoms with Gasteiger partial charge in [-0.1, -0.05) is 31.9 Å². The van der Waals surface area contributed by atoms with Crippen LogP contribution in [0.4, 0.5) is 15.9 Å². The van der Waals surface area contributed by atoms with Crippen LogP contribution >= 0.6 is 0 Å². The predicted octanol–water partition coefficient (Wildman–Crippen LogP) is 4.55. The number of aliphatic hydroxyl groups excluding tert-OH is 1. The summed E-state index contributed by atoms with van der Waals surface area (Å²) in [6, 6.07) is 10.8. The van der Waals surface area contributed by atoms with Crippen LogP contribution in [0.2, 0.25) is 0 Å². The maximum Gasteiger partial charge on any atom is 0.254 e. The number of carbonyl (C=O) groups excluding carboxylic acids is 1. The van der Waals surface area contributed by atoms with Crippen LogP contribution in [0.15, 0.2) is 48.8 Å². The van der Waals surface area contributed by atoms with E-state index in [-0.39, 0.29) is 23.2 Å². The highest BCUT2D eigenvalue weighted by Gasteiger charge is 2.42. The molecule has 2 fully saturated rings. The Labute approximate surface area is 243 Å². The summed E-state index contributed by atoms with van der Waals surface area (Å²) in [6.07, 6.45) is 7.13. The van der Waals surface area contributed by atoms with Crippen LogP contribution in [0.3, 0.4) is 0 Å². The van der Waals surface area contributed by atoms with Crippen LogP contribution in [0.1, 0.15) is 59.8 Å². The monoisotopic (exact) mass is 570 g/mol. The van der Waals surface area contributed by atoms with E-state index in [2.05, 4.69) is 33.5 Å². The van der Waals surface area contributed by atoms with Crippen molar-refractivity contribution in [1.82, 2.24) is 24.6 Å². The molecular formula is C32H35FN6O3. The van der Waals surface area contributed by atoms with E-state index < -0.39 is 0 Å². The number of β-amino-alcohol motifs (C(OH)–C–C–N with tert-alkyl or cyclic N) is 1. The number of likely N-dealkylation sites (tertiary alicyclic amines) is 1. The first-order valence-electron chi connectivity index (χ1n) is 14.8. The molecule has 3 N–H and O–H groups in total. The molecule has 0 radical (unpaired) electrons.